The summed E-state index contributed by atoms with van der Waals surface area (Å²) in [5.74, 6) is 0.954. The van der Waals surface area contributed by atoms with E-state index in [9.17, 15) is 0 Å². The van der Waals surface area contributed by atoms with E-state index in [-0.39, 0.29) is 0 Å². The van der Waals surface area contributed by atoms with Crippen LogP contribution in [-0.4, -0.2) is 6.04 Å². The molecule has 1 aromatic carbocycles. The van der Waals surface area contributed by atoms with E-state index in [4.69, 9.17) is 4.74 Å². The monoisotopic (exact) mass is 229 g/mol. The van der Waals surface area contributed by atoms with E-state index in [0.717, 1.165) is 29.9 Å². The first-order chi connectivity index (χ1) is 8.25. The lowest BCUT2D eigenvalue weighted by Crippen LogP contribution is -2.09. The molecule has 0 amide bonds. The average molecular weight is 229 g/mol. The maximum atomic E-state index is 5.57. The fourth-order valence-electron chi connectivity index (χ4n) is 1.80. The smallest absolute Gasteiger partial charge is 0.129 e. The summed E-state index contributed by atoms with van der Waals surface area (Å²) in [7, 11) is 0. The molecule has 0 atom stereocenters. The van der Waals surface area contributed by atoms with Gasteiger partial charge in [0, 0.05) is 17.3 Å². The minimum absolute atomic E-state index is 0.456. The Kier molecular flexibility index (Phi) is 3.86. The first-order valence-electron chi connectivity index (χ1n) is 6.14. The SMILES string of the molecule is CC(C)Nc1ccc(C2=CCCC=CO2)cc1. The van der Waals surface area contributed by atoms with Crippen molar-refractivity contribution in [3.8, 4) is 0 Å². The van der Waals surface area contributed by atoms with E-state index in [1.807, 2.05) is 0 Å². The number of ether oxygens (including phenoxy) is 1. The van der Waals surface area contributed by atoms with Gasteiger partial charge in [0.1, 0.15) is 5.76 Å². The molecule has 1 aromatic rings. The van der Waals surface area contributed by atoms with Gasteiger partial charge in [-0.05, 0) is 63.1 Å². The van der Waals surface area contributed by atoms with Crippen molar-refractivity contribution in [1.29, 1.82) is 0 Å². The molecule has 1 aliphatic rings. The first kappa shape index (κ1) is 11.8. The van der Waals surface area contributed by atoms with Crippen LogP contribution in [0, 0.1) is 0 Å². The topological polar surface area (TPSA) is 21.3 Å². The Morgan fingerprint density at radius 3 is 2.59 bits per heavy atom. The Labute approximate surface area is 103 Å². The van der Waals surface area contributed by atoms with Gasteiger partial charge in [0.25, 0.3) is 0 Å². The van der Waals surface area contributed by atoms with Crippen LogP contribution in [0.4, 0.5) is 5.69 Å². The van der Waals surface area contributed by atoms with E-state index in [2.05, 4.69) is 55.6 Å². The van der Waals surface area contributed by atoms with Crippen LogP contribution < -0.4 is 5.32 Å². The Bertz CT molecular complexity index is 415. The Hall–Kier alpha value is -1.70. The summed E-state index contributed by atoms with van der Waals surface area (Å²) >= 11 is 0. The zero-order valence-electron chi connectivity index (χ0n) is 10.4. The van der Waals surface area contributed by atoms with E-state index >= 15 is 0 Å². The van der Waals surface area contributed by atoms with Crippen LogP contribution in [0.2, 0.25) is 0 Å². The highest BCUT2D eigenvalue weighted by Crippen LogP contribution is 2.22. The van der Waals surface area contributed by atoms with Crippen LogP contribution in [0.15, 0.2) is 42.7 Å². The molecule has 2 nitrogen and oxygen atoms in total. The van der Waals surface area contributed by atoms with Crippen LogP contribution in [0.25, 0.3) is 5.76 Å². The standard InChI is InChI=1S/C15H19NO/c1-12(2)16-14-9-7-13(8-10-14)15-6-4-3-5-11-17-15/h5-12,16H,3-4H2,1-2H3. The van der Waals surface area contributed by atoms with Gasteiger partial charge in [-0.2, -0.15) is 0 Å². The highest BCUT2D eigenvalue weighted by atomic mass is 16.5. The molecule has 1 aliphatic heterocycles. The molecule has 90 valence electrons. The van der Waals surface area contributed by atoms with Crippen molar-refractivity contribution >= 4 is 11.4 Å². The lowest BCUT2D eigenvalue weighted by molar-refractivity contribution is 0.437. The van der Waals surface area contributed by atoms with Gasteiger partial charge in [-0.15, -0.1) is 0 Å². The van der Waals surface area contributed by atoms with Crippen molar-refractivity contribution < 1.29 is 4.74 Å². The van der Waals surface area contributed by atoms with Gasteiger partial charge >= 0.3 is 0 Å². The molecule has 1 heterocycles. The van der Waals surface area contributed by atoms with E-state index in [1.165, 1.54) is 0 Å². The van der Waals surface area contributed by atoms with Gasteiger partial charge in [-0.1, -0.05) is 0 Å². The van der Waals surface area contributed by atoms with Crippen molar-refractivity contribution in [2.45, 2.75) is 32.7 Å². The van der Waals surface area contributed by atoms with Crippen molar-refractivity contribution in [2.75, 3.05) is 5.32 Å². The fraction of sp³-hybridized carbons (Fsp3) is 0.333. The zero-order chi connectivity index (χ0) is 12.1. The maximum Gasteiger partial charge on any atom is 0.129 e. The summed E-state index contributed by atoms with van der Waals surface area (Å²) in [5, 5.41) is 3.37. The van der Waals surface area contributed by atoms with Crippen LogP contribution in [0.1, 0.15) is 32.3 Å². The summed E-state index contributed by atoms with van der Waals surface area (Å²) in [5.41, 5.74) is 2.28. The van der Waals surface area contributed by atoms with Gasteiger partial charge in [0.15, 0.2) is 0 Å². The third-order valence-corrected chi connectivity index (χ3v) is 2.58. The largest absolute Gasteiger partial charge is 0.465 e. The number of allylic oxidation sites excluding steroid dienone is 2. The number of hydrogen-bond acceptors (Lipinski definition) is 2. The number of rotatable bonds is 3. The molecular weight excluding hydrogens is 210 g/mol. The van der Waals surface area contributed by atoms with E-state index < -0.39 is 0 Å². The maximum absolute atomic E-state index is 5.57. The Balaban J connectivity index is 2.11. The molecule has 2 heteroatoms. The van der Waals surface area contributed by atoms with Gasteiger partial charge in [-0.3, -0.25) is 0 Å². The lowest BCUT2D eigenvalue weighted by Gasteiger charge is -2.11. The molecule has 0 saturated carbocycles. The van der Waals surface area contributed by atoms with Crippen LogP contribution >= 0.6 is 0 Å². The summed E-state index contributed by atoms with van der Waals surface area (Å²) < 4.78 is 5.57. The molecule has 0 radical (unpaired) electrons. The predicted octanol–water partition coefficient (Wildman–Crippen LogP) is 4.17. The van der Waals surface area contributed by atoms with Gasteiger partial charge in [0.05, 0.1) is 6.26 Å². The number of benzene rings is 1. The molecule has 17 heavy (non-hydrogen) atoms. The Morgan fingerprint density at radius 1 is 1.12 bits per heavy atom. The molecular formula is C15H19NO. The minimum Gasteiger partial charge on any atom is -0.465 e. The second-order valence-electron chi connectivity index (χ2n) is 4.51. The third-order valence-electron chi connectivity index (χ3n) is 2.58. The highest BCUT2D eigenvalue weighted by molar-refractivity contribution is 5.63. The molecule has 0 spiro atoms. The molecule has 0 unspecified atom stereocenters. The normalized spacial score (nSPS) is 15.1. The van der Waals surface area contributed by atoms with E-state index in [1.54, 1.807) is 6.26 Å². The molecule has 0 saturated heterocycles. The number of nitrogens with one attached hydrogen (secondary N) is 1. The van der Waals surface area contributed by atoms with Crippen LogP contribution in [-0.2, 0) is 4.74 Å². The van der Waals surface area contributed by atoms with Crippen LogP contribution in [0.3, 0.4) is 0 Å². The van der Waals surface area contributed by atoms with E-state index in [0.29, 0.717) is 6.04 Å². The summed E-state index contributed by atoms with van der Waals surface area (Å²) in [6, 6.07) is 8.82. The predicted molar refractivity (Wildman–Crippen MR) is 72.6 cm³/mol. The summed E-state index contributed by atoms with van der Waals surface area (Å²) in [6.07, 6.45) is 8.07. The molecule has 0 aromatic heterocycles. The quantitative estimate of drug-likeness (QED) is 0.839. The minimum atomic E-state index is 0.456. The number of anilines is 1. The second kappa shape index (κ2) is 5.58. The highest BCUT2D eigenvalue weighted by Gasteiger charge is 2.04. The van der Waals surface area contributed by atoms with Gasteiger partial charge in [0.2, 0.25) is 0 Å². The number of hydrogen-bond donors (Lipinski definition) is 1. The van der Waals surface area contributed by atoms with Crippen molar-refractivity contribution in [3.05, 3.63) is 48.2 Å². The summed E-state index contributed by atoms with van der Waals surface area (Å²) in [6.45, 7) is 4.27. The van der Waals surface area contributed by atoms with Crippen molar-refractivity contribution in [1.82, 2.24) is 0 Å². The lowest BCUT2D eigenvalue weighted by atomic mass is 10.1. The first-order valence-corrected chi connectivity index (χ1v) is 6.14. The fourth-order valence-corrected chi connectivity index (χ4v) is 1.80. The molecule has 0 bridgehead atoms. The van der Waals surface area contributed by atoms with Crippen molar-refractivity contribution in [2.24, 2.45) is 0 Å². The average Bonchev–Trinajstić information content (AvgIpc) is 2.58. The Morgan fingerprint density at radius 2 is 1.88 bits per heavy atom. The van der Waals surface area contributed by atoms with Crippen LogP contribution in [0.5, 0.6) is 0 Å². The van der Waals surface area contributed by atoms with Crippen molar-refractivity contribution in [3.63, 3.8) is 0 Å². The molecule has 0 fully saturated rings. The summed E-state index contributed by atoms with van der Waals surface area (Å²) in [4.78, 5) is 0. The van der Waals surface area contributed by atoms with Gasteiger partial charge < -0.3 is 10.1 Å². The molecule has 0 aliphatic carbocycles. The third kappa shape index (κ3) is 3.38. The molecule has 1 N–H and O–H groups in total. The molecule has 2 rings (SSSR count). The zero-order valence-corrected chi connectivity index (χ0v) is 10.4. The second-order valence-corrected chi connectivity index (χ2v) is 4.51. The van der Waals surface area contributed by atoms with Gasteiger partial charge in [-0.25, -0.2) is 0 Å².